The molecular formula is C47H35ClN2OS. The molecule has 0 amide bonds. The van der Waals surface area contributed by atoms with E-state index in [1.54, 1.807) is 0 Å². The highest BCUT2D eigenvalue weighted by molar-refractivity contribution is 7.26. The van der Waals surface area contributed by atoms with Crippen molar-refractivity contribution in [1.82, 2.24) is 0 Å². The molecule has 6 aromatic carbocycles. The van der Waals surface area contributed by atoms with E-state index >= 15 is 0 Å². The van der Waals surface area contributed by atoms with Gasteiger partial charge >= 0.3 is 0 Å². The van der Waals surface area contributed by atoms with Crippen LogP contribution in [0.25, 0.3) is 52.9 Å². The van der Waals surface area contributed by atoms with Crippen molar-refractivity contribution >= 4 is 87.4 Å². The molecule has 0 bridgehead atoms. The molecule has 2 aromatic heterocycles. The fourth-order valence-electron chi connectivity index (χ4n) is 8.15. The van der Waals surface area contributed by atoms with E-state index in [1.165, 1.54) is 36.7 Å². The number of furan rings is 1. The average molecular weight is 711 g/mol. The van der Waals surface area contributed by atoms with Gasteiger partial charge in [-0.25, -0.2) is 4.99 Å². The lowest BCUT2D eigenvalue weighted by Gasteiger charge is -2.27. The smallest absolute Gasteiger partial charge is 0.156 e. The van der Waals surface area contributed by atoms with Crippen LogP contribution in [-0.4, -0.2) is 17.6 Å². The first-order valence-electron chi connectivity index (χ1n) is 18.1. The van der Waals surface area contributed by atoms with Crippen LogP contribution in [0.2, 0.25) is 5.02 Å². The van der Waals surface area contributed by atoms with Crippen LogP contribution in [0, 0.1) is 5.92 Å². The molecule has 0 spiro atoms. The minimum atomic E-state index is -0.00456. The second kappa shape index (κ2) is 12.7. The Kier molecular flexibility index (Phi) is 7.70. The lowest BCUT2D eigenvalue weighted by molar-refractivity contribution is 0.477. The Morgan fingerprint density at radius 2 is 1.56 bits per heavy atom. The zero-order valence-electron chi connectivity index (χ0n) is 28.7. The number of hydrogen-bond donors (Lipinski definition) is 0. The van der Waals surface area contributed by atoms with Crippen molar-refractivity contribution in [2.75, 3.05) is 0 Å². The number of thiophene rings is 1. The van der Waals surface area contributed by atoms with Gasteiger partial charge in [-0.2, -0.15) is 0 Å². The summed E-state index contributed by atoms with van der Waals surface area (Å²) in [5.74, 6) is 1.46. The molecule has 10 rings (SSSR count). The quantitative estimate of drug-likeness (QED) is 0.179. The van der Waals surface area contributed by atoms with Crippen molar-refractivity contribution in [3.8, 4) is 0 Å². The molecule has 3 atom stereocenters. The molecule has 0 fully saturated rings. The van der Waals surface area contributed by atoms with Crippen molar-refractivity contribution in [1.29, 1.82) is 0 Å². The van der Waals surface area contributed by atoms with E-state index < -0.39 is 0 Å². The Balaban J connectivity index is 1.14. The van der Waals surface area contributed by atoms with E-state index in [-0.39, 0.29) is 6.04 Å². The van der Waals surface area contributed by atoms with E-state index in [4.69, 9.17) is 26.0 Å². The van der Waals surface area contributed by atoms with Gasteiger partial charge in [0.25, 0.3) is 0 Å². The van der Waals surface area contributed by atoms with E-state index in [0.717, 1.165) is 63.7 Å². The van der Waals surface area contributed by atoms with Crippen molar-refractivity contribution in [2.45, 2.75) is 38.1 Å². The molecule has 2 aliphatic rings. The summed E-state index contributed by atoms with van der Waals surface area (Å²) in [5, 5.41) is 7.50. The summed E-state index contributed by atoms with van der Waals surface area (Å²) in [5.41, 5.74) is 7.27. The van der Waals surface area contributed by atoms with Crippen LogP contribution in [0.4, 0.5) is 0 Å². The third kappa shape index (κ3) is 5.41. The van der Waals surface area contributed by atoms with Gasteiger partial charge in [0.2, 0.25) is 0 Å². The van der Waals surface area contributed by atoms with Gasteiger partial charge in [-0.1, -0.05) is 122 Å². The number of nitrogens with zero attached hydrogens (tertiary/aromatic N) is 2. The highest BCUT2D eigenvalue weighted by Gasteiger charge is 2.27. The minimum absolute atomic E-state index is 0.00456. The molecule has 3 nitrogen and oxygen atoms in total. The molecule has 252 valence electrons. The van der Waals surface area contributed by atoms with Gasteiger partial charge in [0.05, 0.1) is 16.8 Å². The summed E-state index contributed by atoms with van der Waals surface area (Å²) in [6.45, 7) is 2.34. The number of fused-ring (bicyclic) bond motifs is 7. The molecule has 2 unspecified atom stereocenters. The highest BCUT2D eigenvalue weighted by Crippen LogP contribution is 2.40. The van der Waals surface area contributed by atoms with Crippen molar-refractivity contribution in [3.05, 3.63) is 167 Å². The molecule has 0 radical (unpaired) electrons. The summed E-state index contributed by atoms with van der Waals surface area (Å²) in [4.78, 5) is 11.2. The maximum atomic E-state index is 7.05. The summed E-state index contributed by atoms with van der Waals surface area (Å²) < 4.78 is 8.86. The summed E-state index contributed by atoms with van der Waals surface area (Å²) in [6, 6.07) is 43.0. The molecule has 52 heavy (non-hydrogen) atoms. The van der Waals surface area contributed by atoms with Crippen molar-refractivity contribution in [3.63, 3.8) is 0 Å². The lowest BCUT2D eigenvalue weighted by atomic mass is 9.83. The summed E-state index contributed by atoms with van der Waals surface area (Å²) in [6.07, 6.45) is 9.82. The third-order valence-electron chi connectivity index (χ3n) is 10.9. The Hall–Kier alpha value is -5.29. The van der Waals surface area contributed by atoms with Gasteiger partial charge in [-0.05, 0) is 89.1 Å². The zero-order chi connectivity index (χ0) is 34.8. The van der Waals surface area contributed by atoms with Crippen molar-refractivity contribution < 1.29 is 4.42 Å². The SMILES string of the molecule is C[C@@H]1CCC(c2cc(Cl)c3oc4cc5ccccc5cc4c3c2)=NC(c2cccc3c2sc2ccccc23)=NC1C1=CCC(c2ccccc2)C=C1. The molecule has 5 heteroatoms. The van der Waals surface area contributed by atoms with Gasteiger partial charge in [0.1, 0.15) is 5.58 Å². The van der Waals surface area contributed by atoms with Gasteiger partial charge < -0.3 is 4.42 Å². The summed E-state index contributed by atoms with van der Waals surface area (Å²) >= 11 is 8.87. The monoisotopic (exact) mass is 710 g/mol. The lowest BCUT2D eigenvalue weighted by Crippen LogP contribution is -2.25. The fourth-order valence-corrected chi connectivity index (χ4v) is 9.62. The zero-order valence-corrected chi connectivity index (χ0v) is 30.3. The van der Waals surface area contributed by atoms with Crippen LogP contribution in [-0.2, 0) is 0 Å². The van der Waals surface area contributed by atoms with Crippen molar-refractivity contribution in [2.24, 2.45) is 15.9 Å². The topological polar surface area (TPSA) is 37.9 Å². The minimum Gasteiger partial charge on any atom is -0.454 e. The molecular weight excluding hydrogens is 676 g/mol. The number of aliphatic imine (C=N–C) groups is 2. The van der Waals surface area contributed by atoms with Crippen LogP contribution < -0.4 is 0 Å². The van der Waals surface area contributed by atoms with Gasteiger partial charge in [0, 0.05) is 42.4 Å². The largest absolute Gasteiger partial charge is 0.454 e. The first-order chi connectivity index (χ1) is 25.6. The van der Waals surface area contributed by atoms with Crippen LogP contribution in [0.15, 0.2) is 160 Å². The van der Waals surface area contributed by atoms with E-state index in [1.807, 2.05) is 17.4 Å². The second-order valence-corrected chi connectivity index (χ2v) is 15.7. The van der Waals surface area contributed by atoms with Gasteiger partial charge in [0.15, 0.2) is 11.4 Å². The number of halogens is 1. The van der Waals surface area contributed by atoms with E-state index in [9.17, 15) is 0 Å². The van der Waals surface area contributed by atoms with Crippen LogP contribution in [0.5, 0.6) is 0 Å². The molecule has 0 saturated carbocycles. The molecule has 3 heterocycles. The molecule has 0 N–H and O–H groups in total. The predicted molar refractivity (Wildman–Crippen MR) is 222 cm³/mol. The van der Waals surface area contributed by atoms with E-state index in [2.05, 4.69) is 140 Å². The normalized spacial score (nSPS) is 19.6. The van der Waals surface area contributed by atoms with E-state index in [0.29, 0.717) is 22.4 Å². The fraction of sp³-hybridized carbons (Fsp3) is 0.149. The molecule has 1 aliphatic heterocycles. The molecule has 1 aliphatic carbocycles. The number of rotatable bonds is 4. The Morgan fingerprint density at radius 1 is 0.769 bits per heavy atom. The van der Waals surface area contributed by atoms with Crippen LogP contribution in [0.3, 0.4) is 0 Å². The first kappa shape index (κ1) is 31.4. The summed E-state index contributed by atoms with van der Waals surface area (Å²) in [7, 11) is 0. The maximum absolute atomic E-state index is 7.05. The number of benzene rings is 6. The second-order valence-electron chi connectivity index (χ2n) is 14.2. The first-order valence-corrected chi connectivity index (χ1v) is 19.3. The highest BCUT2D eigenvalue weighted by atomic mass is 35.5. The maximum Gasteiger partial charge on any atom is 0.156 e. The third-order valence-corrected chi connectivity index (χ3v) is 12.4. The molecule has 0 saturated heterocycles. The number of hydrogen-bond acceptors (Lipinski definition) is 4. The number of allylic oxidation sites excluding steroid dienone is 2. The van der Waals surface area contributed by atoms with Crippen LogP contribution in [0.1, 0.15) is 48.8 Å². The predicted octanol–water partition coefficient (Wildman–Crippen LogP) is 13.5. The molecule has 8 aromatic rings. The standard InChI is InChI=1S/C47H35ClN2OS/c1-28-18-23-41(34-25-39-38-24-32-12-5-6-13-33(32)27-42(38)51-45(39)40(48)26-34)49-47(37-16-9-15-36-35-14-7-8-17-43(35)52-46(36)37)50-44(28)31-21-19-30(20-22-31)29-10-3-2-4-11-29/h2-17,19,21-22,24-28,30,44H,18,20,23H2,1H3/t28-,30?,44?/m1/s1. The number of amidine groups is 1. The average Bonchev–Trinajstić information content (AvgIpc) is 3.75. The Labute approximate surface area is 311 Å². The van der Waals surface area contributed by atoms with Gasteiger partial charge in [-0.3, -0.25) is 4.99 Å². The van der Waals surface area contributed by atoms with Crippen LogP contribution >= 0.6 is 22.9 Å². The Bertz CT molecular complexity index is 2820. The Morgan fingerprint density at radius 3 is 2.40 bits per heavy atom. The van der Waals surface area contributed by atoms with Gasteiger partial charge in [-0.15, -0.1) is 11.3 Å².